The van der Waals surface area contributed by atoms with E-state index in [-0.39, 0.29) is 0 Å². The van der Waals surface area contributed by atoms with Gasteiger partial charge in [-0.15, -0.1) is 11.3 Å². The molecule has 0 N–H and O–H groups in total. The minimum atomic E-state index is -0.523. The van der Waals surface area contributed by atoms with Gasteiger partial charge in [0.25, 0.3) is 0 Å². The predicted molar refractivity (Wildman–Crippen MR) is 241 cm³/mol. The molecule has 2 aliphatic rings. The van der Waals surface area contributed by atoms with Crippen LogP contribution in [0.2, 0.25) is 0 Å². The van der Waals surface area contributed by atoms with Gasteiger partial charge >= 0.3 is 0 Å². The smallest absolute Gasteiger partial charge is 0.0746 e. The molecule has 0 amide bonds. The number of hydrogen-bond donors (Lipinski definition) is 0. The highest BCUT2D eigenvalue weighted by Crippen LogP contribution is 2.66. The van der Waals surface area contributed by atoms with Crippen LogP contribution in [-0.2, 0) is 5.41 Å². The average Bonchev–Trinajstić information content (AvgIpc) is 3.92. The fourth-order valence-electron chi connectivity index (χ4n) is 9.92. The van der Waals surface area contributed by atoms with Crippen LogP contribution in [0.4, 0.5) is 17.1 Å². The molecular formula is C55H35NS. The lowest BCUT2D eigenvalue weighted by atomic mass is 9.70. The summed E-state index contributed by atoms with van der Waals surface area (Å²) in [7, 11) is 0. The van der Waals surface area contributed by atoms with Crippen molar-refractivity contribution in [1.82, 2.24) is 0 Å². The Morgan fingerprint density at radius 1 is 0.351 bits per heavy atom. The fourth-order valence-corrected chi connectivity index (χ4v) is 11.2. The summed E-state index contributed by atoms with van der Waals surface area (Å²) in [6.07, 6.45) is 0. The molecule has 1 unspecified atom stereocenters. The zero-order chi connectivity index (χ0) is 37.5. The van der Waals surface area contributed by atoms with E-state index in [0.717, 1.165) is 11.4 Å². The molecule has 1 atom stereocenters. The fraction of sp³-hybridized carbons (Fsp3) is 0.0182. The summed E-state index contributed by atoms with van der Waals surface area (Å²) in [6.45, 7) is 0. The molecule has 12 rings (SSSR count). The third kappa shape index (κ3) is 4.62. The van der Waals surface area contributed by atoms with Gasteiger partial charge < -0.3 is 4.90 Å². The van der Waals surface area contributed by atoms with Gasteiger partial charge in [0.05, 0.1) is 11.1 Å². The Morgan fingerprint density at radius 3 is 1.54 bits per heavy atom. The van der Waals surface area contributed by atoms with Crippen molar-refractivity contribution >= 4 is 48.6 Å². The molecule has 2 heteroatoms. The summed E-state index contributed by atoms with van der Waals surface area (Å²) >= 11 is 1.93. The topological polar surface area (TPSA) is 3.24 Å². The van der Waals surface area contributed by atoms with E-state index in [1.807, 2.05) is 11.3 Å². The Labute approximate surface area is 336 Å². The molecule has 2 aliphatic carbocycles. The highest BCUT2D eigenvalue weighted by molar-refractivity contribution is 7.26. The van der Waals surface area contributed by atoms with Crippen molar-refractivity contribution in [2.75, 3.05) is 4.90 Å². The molecule has 0 bridgehead atoms. The maximum atomic E-state index is 2.49. The highest BCUT2D eigenvalue weighted by atomic mass is 32.1. The van der Waals surface area contributed by atoms with E-state index >= 15 is 0 Å². The zero-order valence-electron chi connectivity index (χ0n) is 31.1. The summed E-state index contributed by atoms with van der Waals surface area (Å²) in [5, 5.41) is 2.66. The van der Waals surface area contributed by atoms with Gasteiger partial charge in [-0.2, -0.15) is 0 Å². The van der Waals surface area contributed by atoms with Crippen molar-refractivity contribution in [3.63, 3.8) is 0 Å². The summed E-state index contributed by atoms with van der Waals surface area (Å²) in [5.41, 5.74) is 18.4. The highest BCUT2D eigenvalue weighted by Gasteiger charge is 2.54. The normalized spacial score (nSPS) is 14.7. The third-order valence-corrected chi connectivity index (χ3v) is 13.5. The molecule has 0 saturated carbocycles. The van der Waals surface area contributed by atoms with Gasteiger partial charge in [0.15, 0.2) is 0 Å². The third-order valence-electron chi connectivity index (χ3n) is 12.3. The minimum Gasteiger partial charge on any atom is -0.310 e. The van der Waals surface area contributed by atoms with Gasteiger partial charge in [-0.25, -0.2) is 0 Å². The second kappa shape index (κ2) is 12.5. The van der Waals surface area contributed by atoms with E-state index in [2.05, 4.69) is 217 Å². The zero-order valence-corrected chi connectivity index (χ0v) is 31.9. The summed E-state index contributed by atoms with van der Waals surface area (Å²) in [5.74, 6) is 0. The Hall–Kier alpha value is -7.00. The standard InChI is InChI=1S/C55H35NS/c1-3-14-36(15-4-1)38-26-30-40(31-27-38)56(41-32-28-39(29-33-41)37-16-5-2-6-17-37)50-24-13-21-44-42-18-7-10-22-47(42)55(53(44)50)48-23-11-8-20-46(48)52-49(55)35-34-45-43-19-9-12-25-51(43)57-54(45)52/h1-35H. The molecule has 1 aromatic heterocycles. The predicted octanol–water partition coefficient (Wildman–Crippen LogP) is 15.2. The first-order chi connectivity index (χ1) is 28.3. The summed E-state index contributed by atoms with van der Waals surface area (Å²) in [6, 6.07) is 78.6. The summed E-state index contributed by atoms with van der Waals surface area (Å²) < 4.78 is 2.70. The molecule has 10 aromatic rings. The Bertz CT molecular complexity index is 3080. The number of benzene rings is 9. The van der Waals surface area contributed by atoms with Crippen LogP contribution in [0, 0.1) is 0 Å². The van der Waals surface area contributed by atoms with Gasteiger partial charge in [-0.3, -0.25) is 0 Å². The Balaban J connectivity index is 1.15. The molecule has 266 valence electrons. The van der Waals surface area contributed by atoms with Gasteiger partial charge in [0.1, 0.15) is 0 Å². The van der Waals surface area contributed by atoms with Gasteiger partial charge in [0, 0.05) is 42.7 Å². The van der Waals surface area contributed by atoms with Crippen molar-refractivity contribution in [3.05, 3.63) is 235 Å². The van der Waals surface area contributed by atoms with Crippen LogP contribution in [-0.4, -0.2) is 0 Å². The van der Waals surface area contributed by atoms with Crippen LogP contribution in [0.1, 0.15) is 22.3 Å². The molecule has 0 radical (unpaired) electrons. The molecule has 9 aromatic carbocycles. The maximum absolute atomic E-state index is 2.49. The van der Waals surface area contributed by atoms with Crippen molar-refractivity contribution in [2.24, 2.45) is 0 Å². The lowest BCUT2D eigenvalue weighted by Crippen LogP contribution is -2.28. The molecular weight excluding hydrogens is 707 g/mol. The molecule has 1 nitrogen and oxygen atoms in total. The van der Waals surface area contributed by atoms with Gasteiger partial charge in [-0.05, 0) is 92.0 Å². The molecule has 1 spiro atoms. The van der Waals surface area contributed by atoms with Crippen LogP contribution < -0.4 is 4.90 Å². The van der Waals surface area contributed by atoms with Crippen LogP contribution in [0.5, 0.6) is 0 Å². The lowest BCUT2D eigenvalue weighted by Gasteiger charge is -2.36. The van der Waals surface area contributed by atoms with E-state index < -0.39 is 5.41 Å². The number of thiophene rings is 1. The molecule has 57 heavy (non-hydrogen) atoms. The SMILES string of the molecule is c1ccc(-c2ccc(N(c3ccc(-c4ccccc4)cc3)c3cccc4c3C3(c5ccccc5-4)c4ccccc4-c4c3ccc3c4sc4ccccc43)cc2)cc1. The number of nitrogens with zero attached hydrogens (tertiary/aromatic N) is 1. The van der Waals surface area contributed by atoms with Crippen molar-refractivity contribution < 1.29 is 0 Å². The molecule has 0 aliphatic heterocycles. The number of anilines is 3. The molecule has 1 heterocycles. The second-order valence-corrected chi connectivity index (χ2v) is 16.2. The van der Waals surface area contributed by atoms with E-state index in [0.29, 0.717) is 0 Å². The van der Waals surface area contributed by atoms with E-state index in [1.165, 1.54) is 92.6 Å². The number of fused-ring (bicyclic) bond motifs is 14. The Morgan fingerprint density at radius 2 is 0.877 bits per heavy atom. The first-order valence-corrected chi connectivity index (χ1v) is 20.5. The van der Waals surface area contributed by atoms with E-state index in [9.17, 15) is 0 Å². The van der Waals surface area contributed by atoms with E-state index in [4.69, 9.17) is 0 Å². The van der Waals surface area contributed by atoms with Crippen LogP contribution in [0.3, 0.4) is 0 Å². The largest absolute Gasteiger partial charge is 0.310 e. The molecule has 0 saturated heterocycles. The second-order valence-electron chi connectivity index (χ2n) is 15.2. The first-order valence-electron chi connectivity index (χ1n) is 19.7. The van der Waals surface area contributed by atoms with Crippen LogP contribution >= 0.6 is 11.3 Å². The van der Waals surface area contributed by atoms with E-state index in [1.54, 1.807) is 0 Å². The average molecular weight is 742 g/mol. The lowest BCUT2D eigenvalue weighted by molar-refractivity contribution is 0.793. The van der Waals surface area contributed by atoms with Gasteiger partial charge in [-0.1, -0.05) is 176 Å². The first kappa shape index (κ1) is 32.3. The van der Waals surface area contributed by atoms with Gasteiger partial charge in [0.2, 0.25) is 0 Å². The number of rotatable bonds is 5. The van der Waals surface area contributed by atoms with Crippen molar-refractivity contribution in [2.45, 2.75) is 5.41 Å². The van der Waals surface area contributed by atoms with Crippen LogP contribution in [0.25, 0.3) is 64.7 Å². The monoisotopic (exact) mass is 741 g/mol. The van der Waals surface area contributed by atoms with Crippen molar-refractivity contribution in [3.8, 4) is 44.5 Å². The van der Waals surface area contributed by atoms with Crippen LogP contribution in [0.15, 0.2) is 212 Å². The number of hydrogen-bond acceptors (Lipinski definition) is 2. The quantitative estimate of drug-likeness (QED) is 0.170. The molecule has 0 fully saturated rings. The van der Waals surface area contributed by atoms with Crippen molar-refractivity contribution in [1.29, 1.82) is 0 Å². The Kier molecular flexibility index (Phi) is 7.08. The maximum Gasteiger partial charge on any atom is 0.0746 e. The minimum absolute atomic E-state index is 0.523. The summed E-state index contributed by atoms with van der Waals surface area (Å²) in [4.78, 5) is 2.49.